The number of ether oxygens (including phenoxy) is 1. The number of nitrogens with zero attached hydrogens (tertiary/aromatic N) is 1. The molecule has 2 rings (SSSR count). The number of hydrogen-bond donors (Lipinski definition) is 0. The molecule has 1 aromatic rings. The van der Waals surface area contributed by atoms with Crippen molar-refractivity contribution in [3.63, 3.8) is 0 Å². The van der Waals surface area contributed by atoms with Crippen LogP contribution < -0.4 is 4.74 Å². The monoisotopic (exact) mass is 395 g/mol. The second-order valence-electron chi connectivity index (χ2n) is 4.84. The summed E-state index contributed by atoms with van der Waals surface area (Å²) in [5.74, 6) is 3.39. The Bertz CT molecular complexity index is 616. The first-order valence-electron chi connectivity index (χ1n) is 6.91. The van der Waals surface area contributed by atoms with Gasteiger partial charge in [0.2, 0.25) is 5.91 Å². The van der Waals surface area contributed by atoms with Crippen LogP contribution in [0, 0.1) is 19.3 Å². The summed E-state index contributed by atoms with van der Waals surface area (Å²) in [6.07, 6.45) is 8.12. The summed E-state index contributed by atoms with van der Waals surface area (Å²) in [7, 11) is 0. The molecule has 3 nitrogen and oxygen atoms in total. The molecule has 21 heavy (non-hydrogen) atoms. The molecule has 1 aliphatic heterocycles. The summed E-state index contributed by atoms with van der Waals surface area (Å²) in [6.45, 7) is 4.96. The number of hydrogen-bond acceptors (Lipinski definition) is 2. The van der Waals surface area contributed by atoms with E-state index in [2.05, 4.69) is 34.6 Å². The molecule has 1 heterocycles. The lowest BCUT2D eigenvalue weighted by Crippen LogP contribution is -2.38. The van der Waals surface area contributed by atoms with Gasteiger partial charge in [-0.3, -0.25) is 4.79 Å². The van der Waals surface area contributed by atoms with Gasteiger partial charge in [-0.1, -0.05) is 34.6 Å². The van der Waals surface area contributed by atoms with Gasteiger partial charge in [-0.15, -0.1) is 6.42 Å². The standard InChI is InChI=1S/C17H18INO2/c1-4-10-21-13-6-7-14(12(3)11-13)16-9-8-15(18)17(20)19(16)5-2/h1,6-7,9,11,15H,5,8,10H2,2-3H3. The Morgan fingerprint density at radius 2 is 2.29 bits per heavy atom. The Kier molecular flexibility index (Phi) is 5.29. The zero-order valence-corrected chi connectivity index (χ0v) is 14.4. The van der Waals surface area contributed by atoms with Crippen LogP contribution >= 0.6 is 22.6 Å². The largest absolute Gasteiger partial charge is 0.481 e. The minimum atomic E-state index is 0.0323. The van der Waals surface area contributed by atoms with Crippen molar-refractivity contribution in [1.29, 1.82) is 0 Å². The number of carbonyl (C=O) groups is 1. The van der Waals surface area contributed by atoms with E-state index < -0.39 is 0 Å². The predicted molar refractivity (Wildman–Crippen MR) is 93.3 cm³/mol. The second kappa shape index (κ2) is 6.99. The highest BCUT2D eigenvalue weighted by atomic mass is 127. The fourth-order valence-electron chi connectivity index (χ4n) is 2.43. The van der Waals surface area contributed by atoms with Crippen molar-refractivity contribution >= 4 is 34.2 Å². The molecule has 110 valence electrons. The van der Waals surface area contributed by atoms with Gasteiger partial charge in [-0.05, 0) is 44.0 Å². The fraction of sp³-hybridized carbons (Fsp3) is 0.353. The van der Waals surface area contributed by atoms with Crippen molar-refractivity contribution in [3.8, 4) is 18.1 Å². The normalized spacial score (nSPS) is 18.2. The third kappa shape index (κ3) is 3.41. The average molecular weight is 395 g/mol. The molecule has 0 saturated heterocycles. The van der Waals surface area contributed by atoms with E-state index in [1.807, 2.05) is 36.9 Å². The van der Waals surface area contributed by atoms with Gasteiger partial charge in [0, 0.05) is 17.8 Å². The first kappa shape index (κ1) is 15.9. The maximum Gasteiger partial charge on any atom is 0.240 e. The predicted octanol–water partition coefficient (Wildman–Crippen LogP) is 3.40. The SMILES string of the molecule is C#CCOc1ccc(C2=CCC(I)C(=O)N2CC)c(C)c1. The fourth-order valence-corrected chi connectivity index (χ4v) is 3.02. The Labute approximate surface area is 139 Å². The molecular formula is C17H18INO2. The van der Waals surface area contributed by atoms with Gasteiger partial charge < -0.3 is 9.64 Å². The number of terminal acetylenes is 1. The van der Waals surface area contributed by atoms with E-state index in [-0.39, 0.29) is 16.4 Å². The van der Waals surface area contributed by atoms with E-state index in [1.54, 1.807) is 0 Å². The van der Waals surface area contributed by atoms with E-state index >= 15 is 0 Å². The summed E-state index contributed by atoms with van der Waals surface area (Å²) < 4.78 is 5.46. The van der Waals surface area contributed by atoms with Crippen LogP contribution in [-0.4, -0.2) is 27.9 Å². The maximum absolute atomic E-state index is 12.3. The third-order valence-corrected chi connectivity index (χ3v) is 4.50. The number of alkyl halides is 1. The molecule has 0 radical (unpaired) electrons. The summed E-state index contributed by atoms with van der Waals surface area (Å²) in [6, 6.07) is 5.85. The lowest BCUT2D eigenvalue weighted by atomic mass is 10.00. The van der Waals surface area contributed by atoms with Gasteiger partial charge in [-0.2, -0.15) is 0 Å². The third-order valence-electron chi connectivity index (χ3n) is 3.46. The van der Waals surface area contributed by atoms with Crippen molar-refractivity contribution in [2.75, 3.05) is 13.2 Å². The minimum absolute atomic E-state index is 0.0323. The van der Waals surface area contributed by atoms with E-state index in [0.717, 1.165) is 29.0 Å². The van der Waals surface area contributed by atoms with Gasteiger partial charge in [0.15, 0.2) is 0 Å². The quantitative estimate of drug-likeness (QED) is 0.444. The lowest BCUT2D eigenvalue weighted by molar-refractivity contribution is -0.127. The van der Waals surface area contributed by atoms with Crippen LogP contribution in [0.5, 0.6) is 5.75 Å². The maximum atomic E-state index is 12.3. The topological polar surface area (TPSA) is 29.5 Å². The van der Waals surface area contributed by atoms with Crippen molar-refractivity contribution < 1.29 is 9.53 Å². The molecule has 0 aromatic heterocycles. The van der Waals surface area contributed by atoms with Gasteiger partial charge in [0.25, 0.3) is 0 Å². The van der Waals surface area contributed by atoms with Gasteiger partial charge in [0.1, 0.15) is 12.4 Å². The molecule has 0 fully saturated rings. The Hall–Kier alpha value is -1.48. The summed E-state index contributed by atoms with van der Waals surface area (Å²) in [4.78, 5) is 14.1. The van der Waals surface area contributed by atoms with E-state index in [9.17, 15) is 4.79 Å². The average Bonchev–Trinajstić information content (AvgIpc) is 2.48. The number of allylic oxidation sites excluding steroid dienone is 1. The van der Waals surface area contributed by atoms with Crippen molar-refractivity contribution in [3.05, 3.63) is 35.4 Å². The Balaban J connectivity index is 2.33. The molecule has 1 unspecified atom stereocenters. The lowest BCUT2D eigenvalue weighted by Gasteiger charge is -2.31. The number of rotatable bonds is 4. The molecule has 0 spiro atoms. The zero-order chi connectivity index (χ0) is 15.4. The molecule has 1 atom stereocenters. The van der Waals surface area contributed by atoms with Crippen LogP contribution in [0.2, 0.25) is 0 Å². The van der Waals surface area contributed by atoms with Gasteiger partial charge >= 0.3 is 0 Å². The zero-order valence-electron chi connectivity index (χ0n) is 12.2. The molecule has 0 N–H and O–H groups in total. The molecule has 0 aliphatic carbocycles. The first-order valence-corrected chi connectivity index (χ1v) is 8.16. The highest BCUT2D eigenvalue weighted by Crippen LogP contribution is 2.31. The van der Waals surface area contributed by atoms with Crippen molar-refractivity contribution in [2.24, 2.45) is 0 Å². The molecule has 0 bridgehead atoms. The van der Waals surface area contributed by atoms with E-state index in [4.69, 9.17) is 11.2 Å². The van der Waals surface area contributed by atoms with Crippen molar-refractivity contribution in [2.45, 2.75) is 24.2 Å². The van der Waals surface area contributed by atoms with Crippen LogP contribution in [0.25, 0.3) is 5.70 Å². The van der Waals surface area contributed by atoms with Crippen LogP contribution in [0.3, 0.4) is 0 Å². The number of carbonyl (C=O) groups excluding carboxylic acids is 1. The Morgan fingerprint density at radius 1 is 1.52 bits per heavy atom. The molecule has 1 aliphatic rings. The minimum Gasteiger partial charge on any atom is -0.481 e. The van der Waals surface area contributed by atoms with E-state index in [1.165, 1.54) is 0 Å². The molecule has 1 amide bonds. The number of aryl methyl sites for hydroxylation is 1. The van der Waals surface area contributed by atoms with E-state index in [0.29, 0.717) is 6.54 Å². The van der Waals surface area contributed by atoms with Crippen LogP contribution in [0.1, 0.15) is 24.5 Å². The summed E-state index contributed by atoms with van der Waals surface area (Å²) in [5.41, 5.74) is 3.15. The molecule has 1 aromatic carbocycles. The summed E-state index contributed by atoms with van der Waals surface area (Å²) in [5, 5.41) is 0. The first-order chi connectivity index (χ1) is 10.1. The smallest absolute Gasteiger partial charge is 0.240 e. The molecular weight excluding hydrogens is 377 g/mol. The molecule has 4 heteroatoms. The number of benzene rings is 1. The Morgan fingerprint density at radius 3 is 2.90 bits per heavy atom. The second-order valence-corrected chi connectivity index (χ2v) is 6.35. The highest BCUT2D eigenvalue weighted by Gasteiger charge is 2.28. The van der Waals surface area contributed by atoms with Crippen molar-refractivity contribution in [1.82, 2.24) is 4.90 Å². The van der Waals surface area contributed by atoms with Crippen LogP contribution in [0.15, 0.2) is 24.3 Å². The van der Waals surface area contributed by atoms with Gasteiger partial charge in [-0.25, -0.2) is 0 Å². The highest BCUT2D eigenvalue weighted by molar-refractivity contribution is 14.1. The molecule has 0 saturated carbocycles. The van der Waals surface area contributed by atoms with Crippen LogP contribution in [-0.2, 0) is 4.79 Å². The summed E-state index contributed by atoms with van der Waals surface area (Å²) >= 11 is 2.21. The van der Waals surface area contributed by atoms with Crippen LogP contribution in [0.4, 0.5) is 0 Å². The number of amides is 1. The number of halogens is 1. The van der Waals surface area contributed by atoms with Gasteiger partial charge in [0.05, 0.1) is 3.92 Å².